The van der Waals surface area contributed by atoms with Gasteiger partial charge in [0.1, 0.15) is 0 Å². The van der Waals surface area contributed by atoms with Crippen LogP contribution in [0.3, 0.4) is 0 Å². The molecule has 0 heterocycles. The summed E-state index contributed by atoms with van der Waals surface area (Å²) in [5, 5.41) is 5.18. The molecule has 0 aliphatic heterocycles. The summed E-state index contributed by atoms with van der Waals surface area (Å²) >= 11 is 0. The molecule has 0 nitrogen and oxygen atoms in total. The first-order valence-corrected chi connectivity index (χ1v) is 12.0. The van der Waals surface area contributed by atoms with E-state index in [9.17, 15) is 0 Å². The minimum atomic E-state index is -0.348. The van der Waals surface area contributed by atoms with E-state index in [2.05, 4.69) is 134 Å². The van der Waals surface area contributed by atoms with E-state index >= 15 is 0 Å². The Morgan fingerprint density at radius 3 is 2.06 bits per heavy atom. The molecule has 0 heteroatoms. The van der Waals surface area contributed by atoms with Gasteiger partial charge in [-0.1, -0.05) is 127 Å². The van der Waals surface area contributed by atoms with Crippen molar-refractivity contribution in [1.29, 1.82) is 0 Å². The summed E-state index contributed by atoms with van der Waals surface area (Å²) in [5.41, 5.74) is 8.98. The van der Waals surface area contributed by atoms with Gasteiger partial charge in [0.25, 0.3) is 0 Å². The number of fused-ring (bicyclic) bond motifs is 6. The number of hydrogen-bond acceptors (Lipinski definition) is 0. The fourth-order valence-corrected chi connectivity index (χ4v) is 6.12. The van der Waals surface area contributed by atoms with Gasteiger partial charge in [-0.05, 0) is 67.9 Å². The molecule has 0 fully saturated rings. The van der Waals surface area contributed by atoms with Crippen LogP contribution in [-0.4, -0.2) is 0 Å². The van der Waals surface area contributed by atoms with E-state index in [1.807, 2.05) is 0 Å². The third kappa shape index (κ3) is 2.54. The zero-order valence-electron chi connectivity index (χ0n) is 19.1. The van der Waals surface area contributed by atoms with Crippen molar-refractivity contribution in [1.82, 2.24) is 0 Å². The van der Waals surface area contributed by atoms with Crippen LogP contribution in [0.25, 0.3) is 32.7 Å². The number of hydrogen-bond donors (Lipinski definition) is 0. The van der Waals surface area contributed by atoms with Gasteiger partial charge in [-0.15, -0.1) is 0 Å². The van der Waals surface area contributed by atoms with Gasteiger partial charge in [-0.2, -0.15) is 0 Å². The third-order valence-corrected chi connectivity index (χ3v) is 7.59. The highest BCUT2D eigenvalue weighted by molar-refractivity contribution is 6.07. The zero-order valence-corrected chi connectivity index (χ0v) is 19.1. The quantitative estimate of drug-likeness (QED) is 0.240. The minimum Gasteiger partial charge on any atom is -0.0622 e. The molecule has 34 heavy (non-hydrogen) atoms. The predicted octanol–water partition coefficient (Wildman–Crippen LogP) is 8.66. The smallest absolute Gasteiger partial charge is 0.0622 e. The van der Waals surface area contributed by atoms with E-state index in [1.54, 1.807) is 0 Å². The second-order valence-electron chi connectivity index (χ2n) is 9.43. The van der Waals surface area contributed by atoms with Crippen LogP contribution in [0.5, 0.6) is 0 Å². The maximum atomic E-state index is 2.42. The molecule has 6 aromatic carbocycles. The lowest BCUT2D eigenvalue weighted by Crippen LogP contribution is -2.28. The lowest BCUT2D eigenvalue weighted by molar-refractivity contribution is 0.769. The molecule has 6 aromatic rings. The molecule has 0 radical (unpaired) electrons. The molecule has 0 bridgehead atoms. The van der Waals surface area contributed by atoms with Gasteiger partial charge in [-0.3, -0.25) is 0 Å². The lowest BCUT2D eigenvalue weighted by Gasteiger charge is -2.34. The molecule has 0 saturated carbocycles. The van der Waals surface area contributed by atoms with Gasteiger partial charge in [0.2, 0.25) is 0 Å². The summed E-state index contributed by atoms with van der Waals surface area (Å²) in [7, 11) is 0. The molecule has 7 rings (SSSR count). The maximum absolute atomic E-state index is 2.42. The highest BCUT2D eigenvalue weighted by atomic mass is 14.5. The molecule has 1 unspecified atom stereocenters. The van der Waals surface area contributed by atoms with Crippen molar-refractivity contribution >= 4 is 21.5 Å². The van der Waals surface area contributed by atoms with Crippen molar-refractivity contribution in [3.63, 3.8) is 0 Å². The van der Waals surface area contributed by atoms with Crippen molar-refractivity contribution in [2.45, 2.75) is 12.3 Å². The summed E-state index contributed by atoms with van der Waals surface area (Å²) in [5.74, 6) is 0. The van der Waals surface area contributed by atoms with E-state index in [4.69, 9.17) is 0 Å². The molecule has 1 aliphatic rings. The molecule has 160 valence electrons. The third-order valence-electron chi connectivity index (χ3n) is 7.59. The number of rotatable bonds is 2. The molecular formula is C34H24. The Bertz CT molecular complexity index is 1710. The standard InChI is InChI=1S/C34H24/c1-23-15-19-31-30-13-7-8-14-32(30)34(33(31)21-23,26-10-3-2-4-11-26)27-18-20-29-25(22-27)17-16-24-9-5-6-12-28(24)29/h2-22H,1H3. The van der Waals surface area contributed by atoms with Crippen LogP contribution < -0.4 is 0 Å². The van der Waals surface area contributed by atoms with Crippen LogP contribution in [0.1, 0.15) is 27.8 Å². The normalized spacial score (nSPS) is 16.5. The minimum absolute atomic E-state index is 0.348. The molecule has 0 aromatic heterocycles. The van der Waals surface area contributed by atoms with Crippen LogP contribution >= 0.6 is 0 Å². The van der Waals surface area contributed by atoms with Crippen molar-refractivity contribution in [2.24, 2.45) is 0 Å². The summed E-state index contributed by atoms with van der Waals surface area (Å²) in [6.07, 6.45) is 0. The zero-order chi connectivity index (χ0) is 22.7. The van der Waals surface area contributed by atoms with Crippen LogP contribution in [0.4, 0.5) is 0 Å². The van der Waals surface area contributed by atoms with Crippen molar-refractivity contribution < 1.29 is 0 Å². The number of aryl methyl sites for hydroxylation is 1. The average molecular weight is 433 g/mol. The molecule has 0 N–H and O–H groups in total. The SMILES string of the molecule is Cc1ccc2c(c1)C(c1ccccc1)(c1ccc3c(ccc4ccccc43)c1)c1ccccc1-2. The molecular weight excluding hydrogens is 408 g/mol. The topological polar surface area (TPSA) is 0 Å². The molecule has 0 saturated heterocycles. The molecule has 1 aliphatic carbocycles. The highest BCUT2D eigenvalue weighted by Crippen LogP contribution is 2.56. The van der Waals surface area contributed by atoms with Gasteiger partial charge in [0, 0.05) is 0 Å². The lowest BCUT2D eigenvalue weighted by atomic mass is 9.67. The van der Waals surface area contributed by atoms with Crippen molar-refractivity contribution in [3.8, 4) is 11.1 Å². The Morgan fingerprint density at radius 2 is 1.15 bits per heavy atom. The molecule has 1 atom stereocenters. The summed E-state index contributed by atoms with van der Waals surface area (Å²) in [6, 6.07) is 47.2. The highest BCUT2D eigenvalue weighted by Gasteiger charge is 2.46. The van der Waals surface area contributed by atoms with Crippen LogP contribution in [-0.2, 0) is 5.41 Å². The Labute approximate surface area is 200 Å². The van der Waals surface area contributed by atoms with E-state index in [0.717, 1.165) is 0 Å². The Balaban J connectivity index is 1.62. The average Bonchev–Trinajstić information content (AvgIpc) is 3.19. The Kier molecular flexibility index (Phi) is 4.07. The van der Waals surface area contributed by atoms with E-state index in [1.165, 1.54) is 60.5 Å². The fourth-order valence-electron chi connectivity index (χ4n) is 6.12. The van der Waals surface area contributed by atoms with Gasteiger partial charge in [0.05, 0.1) is 5.41 Å². The van der Waals surface area contributed by atoms with E-state index in [0.29, 0.717) is 0 Å². The van der Waals surface area contributed by atoms with Crippen molar-refractivity contribution in [2.75, 3.05) is 0 Å². The molecule has 0 amide bonds. The van der Waals surface area contributed by atoms with Crippen LogP contribution in [0.2, 0.25) is 0 Å². The summed E-state index contributed by atoms with van der Waals surface area (Å²) in [6.45, 7) is 2.20. The van der Waals surface area contributed by atoms with Gasteiger partial charge in [0.15, 0.2) is 0 Å². The first-order chi connectivity index (χ1) is 16.8. The largest absolute Gasteiger partial charge is 0.0713 e. The van der Waals surface area contributed by atoms with Gasteiger partial charge < -0.3 is 0 Å². The van der Waals surface area contributed by atoms with Crippen LogP contribution in [0, 0.1) is 6.92 Å². The van der Waals surface area contributed by atoms with Gasteiger partial charge >= 0.3 is 0 Å². The van der Waals surface area contributed by atoms with Crippen LogP contribution in [0.15, 0.2) is 127 Å². The Morgan fingerprint density at radius 1 is 0.441 bits per heavy atom. The summed E-state index contributed by atoms with van der Waals surface area (Å²) < 4.78 is 0. The second kappa shape index (κ2) is 7.17. The van der Waals surface area contributed by atoms with Gasteiger partial charge in [-0.25, -0.2) is 0 Å². The van der Waals surface area contributed by atoms with E-state index in [-0.39, 0.29) is 5.41 Å². The molecule has 0 spiro atoms. The number of benzene rings is 6. The maximum Gasteiger partial charge on any atom is 0.0713 e. The first-order valence-electron chi connectivity index (χ1n) is 12.0. The first kappa shape index (κ1) is 19.3. The van der Waals surface area contributed by atoms with Crippen molar-refractivity contribution in [3.05, 3.63) is 155 Å². The fraction of sp³-hybridized carbons (Fsp3) is 0.0588. The monoisotopic (exact) mass is 432 g/mol. The van der Waals surface area contributed by atoms with E-state index < -0.39 is 0 Å². The Hall–Kier alpha value is -4.16. The second-order valence-corrected chi connectivity index (χ2v) is 9.43. The summed E-state index contributed by atoms with van der Waals surface area (Å²) in [4.78, 5) is 0. The predicted molar refractivity (Wildman–Crippen MR) is 143 cm³/mol.